The molecule has 19 heavy (non-hydrogen) atoms. The second kappa shape index (κ2) is 12.2. The zero-order chi connectivity index (χ0) is 14.7. The van der Waals surface area contributed by atoms with Gasteiger partial charge in [-0.05, 0) is 6.42 Å². The molecule has 0 radical (unpaired) electrons. The third-order valence-electron chi connectivity index (χ3n) is 1.86. The number of hydrogen-bond donors (Lipinski definition) is 0. The topological polar surface area (TPSA) is 28.2 Å². The number of alkyl halides is 1. The van der Waals surface area contributed by atoms with Crippen molar-refractivity contribution < 1.29 is 11.9 Å². The van der Waals surface area contributed by atoms with Crippen molar-refractivity contribution in [1.82, 2.24) is 0 Å². The summed E-state index contributed by atoms with van der Waals surface area (Å²) < 4.78 is 0. The summed E-state index contributed by atoms with van der Waals surface area (Å²) in [6, 6.07) is 0. The molecule has 0 bridgehead atoms. The van der Waals surface area contributed by atoms with Crippen LogP contribution in [-0.2, 0) is 11.9 Å². The standard InChI is InChI=1S/C5H9ClN.C5H5ClN.4ClH.Pt/c2*6-5-2-1-3-7-4-5;;;;;/h5H,1-4H2;1-2,4H,3H2;4*1H;/q2*-1;;;;;+6/p-4. The van der Waals surface area contributed by atoms with Gasteiger partial charge in [-0.3, -0.25) is 0 Å². The summed E-state index contributed by atoms with van der Waals surface area (Å²) in [4.78, 5) is 0. The van der Waals surface area contributed by atoms with Crippen LogP contribution in [0.4, 0.5) is 0 Å². The van der Waals surface area contributed by atoms with E-state index in [0.29, 0.717) is 10.4 Å². The number of allylic oxidation sites excluding steroid dienone is 2. The molecule has 1 fully saturated rings. The van der Waals surface area contributed by atoms with Crippen LogP contribution in [0.2, 0.25) is 0 Å². The predicted octanol–water partition coefficient (Wildman–Crippen LogP) is 6.53. The third-order valence-corrected chi connectivity index (χ3v) is 2.44. The second-order valence-corrected chi connectivity index (χ2v) is 24.2. The van der Waals surface area contributed by atoms with Crippen LogP contribution in [0.1, 0.15) is 12.8 Å². The van der Waals surface area contributed by atoms with Crippen LogP contribution in [-0.4, -0.2) is 25.0 Å². The average Bonchev–Trinajstić information content (AvgIpc) is 2.29. The Morgan fingerprint density at radius 1 is 1.21 bits per heavy atom. The Bertz CT molecular complexity index is 280. The normalized spacial score (nSPS) is 22.8. The van der Waals surface area contributed by atoms with E-state index in [2.05, 4.69) is 10.6 Å². The summed E-state index contributed by atoms with van der Waals surface area (Å²) in [5, 5.41) is 9.06. The van der Waals surface area contributed by atoms with Crippen LogP contribution in [0.3, 0.4) is 0 Å². The van der Waals surface area contributed by atoms with Crippen molar-refractivity contribution in [3.05, 3.63) is 34.0 Å². The predicted molar refractivity (Wildman–Crippen MR) is 86.7 cm³/mol. The minimum atomic E-state index is -3.06. The molecule has 2 rings (SSSR count). The quantitative estimate of drug-likeness (QED) is 0.297. The van der Waals surface area contributed by atoms with Gasteiger partial charge < -0.3 is 10.6 Å². The molecule has 2 aliphatic rings. The van der Waals surface area contributed by atoms with E-state index >= 15 is 0 Å². The molecule has 1 atom stereocenters. The Kier molecular flexibility index (Phi) is 13.3. The molecule has 0 aromatic rings. The maximum absolute atomic E-state index is 5.72. The molecule has 2 heterocycles. The van der Waals surface area contributed by atoms with Gasteiger partial charge in [0.1, 0.15) is 0 Å². The van der Waals surface area contributed by atoms with Crippen LogP contribution < -0.4 is 0 Å². The molecule has 0 aromatic carbocycles. The summed E-state index contributed by atoms with van der Waals surface area (Å²) in [5.74, 6) is 0. The van der Waals surface area contributed by atoms with Gasteiger partial charge in [0, 0.05) is 10.4 Å². The van der Waals surface area contributed by atoms with E-state index in [1.54, 1.807) is 6.20 Å². The Balaban J connectivity index is 0.000000261. The first kappa shape index (κ1) is 20.7. The van der Waals surface area contributed by atoms with Gasteiger partial charge in [0.15, 0.2) is 0 Å². The number of hydrogen-bond acceptors (Lipinski definition) is 0. The number of rotatable bonds is 0. The first-order chi connectivity index (χ1) is 8.79. The van der Waals surface area contributed by atoms with Gasteiger partial charge in [0.2, 0.25) is 0 Å². The average molecular weight is 570 g/mol. The molecular formula is C10H14Cl6N2Pt. The minimum absolute atomic E-state index is 0.341. The summed E-state index contributed by atoms with van der Waals surface area (Å²) in [7, 11) is 20.0. The van der Waals surface area contributed by atoms with Gasteiger partial charge in [-0.15, -0.1) is 37.3 Å². The van der Waals surface area contributed by atoms with Crippen molar-refractivity contribution in [2.45, 2.75) is 18.2 Å². The van der Waals surface area contributed by atoms with Gasteiger partial charge in [-0.1, -0.05) is 24.1 Å². The molecule has 0 aromatic heterocycles. The number of nitrogens with zero attached hydrogens (tertiary/aromatic N) is 2. The molecule has 0 N–H and O–H groups in total. The summed E-state index contributed by atoms with van der Waals surface area (Å²) in [5.41, 5.74) is 0. The fraction of sp³-hybridized carbons (Fsp3) is 0.600. The number of halogens is 6. The maximum atomic E-state index is 5.72. The fourth-order valence-corrected chi connectivity index (χ4v) is 1.57. The molecule has 0 amide bonds. The van der Waals surface area contributed by atoms with E-state index in [0.717, 1.165) is 26.1 Å². The van der Waals surface area contributed by atoms with Crippen molar-refractivity contribution >= 4 is 60.9 Å². The van der Waals surface area contributed by atoms with E-state index in [4.69, 9.17) is 60.9 Å². The monoisotopic (exact) mass is 567 g/mol. The zero-order valence-electron chi connectivity index (χ0n) is 9.82. The molecule has 9 heteroatoms. The van der Waals surface area contributed by atoms with Gasteiger partial charge >= 0.3 is 49.6 Å². The van der Waals surface area contributed by atoms with Crippen LogP contribution in [0.25, 0.3) is 10.6 Å². The van der Waals surface area contributed by atoms with E-state index in [9.17, 15) is 0 Å². The van der Waals surface area contributed by atoms with E-state index < -0.39 is 11.9 Å². The Morgan fingerprint density at radius 2 is 1.84 bits per heavy atom. The van der Waals surface area contributed by atoms with Gasteiger partial charge in [0.05, 0.1) is 0 Å². The van der Waals surface area contributed by atoms with Crippen molar-refractivity contribution in [3.63, 3.8) is 0 Å². The SMILES string of the molecule is ClC1=C[N-]CC=C1.ClC1CCC[N-]C1.[Cl][Pt+2]([Cl])([Cl])[Cl]. The van der Waals surface area contributed by atoms with Crippen LogP contribution >= 0.6 is 60.9 Å². The summed E-state index contributed by atoms with van der Waals surface area (Å²) in [6.45, 7) is 2.68. The molecule has 1 saturated heterocycles. The van der Waals surface area contributed by atoms with E-state index in [1.807, 2.05) is 12.2 Å². The van der Waals surface area contributed by atoms with Gasteiger partial charge in [-0.25, -0.2) is 0 Å². The van der Waals surface area contributed by atoms with E-state index in [-0.39, 0.29) is 0 Å². The molecule has 0 aliphatic carbocycles. The molecule has 2 nitrogen and oxygen atoms in total. The Hall–Kier alpha value is 1.67. The molecule has 0 spiro atoms. The fourth-order valence-electron chi connectivity index (χ4n) is 1.16. The molecular weight excluding hydrogens is 556 g/mol. The van der Waals surface area contributed by atoms with Crippen LogP contribution in [0.15, 0.2) is 23.4 Å². The molecule has 0 saturated carbocycles. The number of piperidine rings is 1. The van der Waals surface area contributed by atoms with Crippen molar-refractivity contribution in [2.75, 3.05) is 19.6 Å². The second-order valence-electron chi connectivity index (χ2n) is 3.42. The van der Waals surface area contributed by atoms with E-state index in [1.165, 1.54) is 6.42 Å². The first-order valence-electron chi connectivity index (χ1n) is 5.23. The third kappa shape index (κ3) is 19.7. The van der Waals surface area contributed by atoms with Crippen LogP contribution in [0, 0.1) is 0 Å². The van der Waals surface area contributed by atoms with Crippen molar-refractivity contribution in [3.8, 4) is 0 Å². The molecule has 2 aliphatic heterocycles. The molecule has 116 valence electrons. The molecule has 1 unspecified atom stereocenters. The first-order valence-corrected chi connectivity index (χ1v) is 17.3. The van der Waals surface area contributed by atoms with Crippen LogP contribution in [0.5, 0.6) is 0 Å². The summed E-state index contributed by atoms with van der Waals surface area (Å²) in [6.07, 6.45) is 7.76. The summed E-state index contributed by atoms with van der Waals surface area (Å²) >= 11 is 8.16. The van der Waals surface area contributed by atoms with Crippen molar-refractivity contribution in [2.24, 2.45) is 0 Å². The zero-order valence-corrected chi connectivity index (χ0v) is 16.6. The van der Waals surface area contributed by atoms with Crippen molar-refractivity contribution in [1.29, 1.82) is 0 Å². The van der Waals surface area contributed by atoms with Gasteiger partial charge in [-0.2, -0.15) is 6.20 Å². The Labute approximate surface area is 143 Å². The Morgan fingerprint density at radius 3 is 2.05 bits per heavy atom. The van der Waals surface area contributed by atoms with Gasteiger partial charge in [0.25, 0.3) is 0 Å².